The van der Waals surface area contributed by atoms with Crippen LogP contribution in [-0.4, -0.2) is 5.78 Å². The van der Waals surface area contributed by atoms with Crippen LogP contribution in [0.5, 0.6) is 0 Å². The number of Topliss-reactive ketones (excluding diaryl/α,β-unsaturated/α-hetero) is 1. The van der Waals surface area contributed by atoms with Crippen LogP contribution in [0.25, 0.3) is 0 Å². The summed E-state index contributed by atoms with van der Waals surface area (Å²) in [6.45, 7) is 4.37. The van der Waals surface area contributed by atoms with Crippen molar-refractivity contribution in [2.45, 2.75) is 58.8 Å². The van der Waals surface area contributed by atoms with Crippen molar-refractivity contribution < 1.29 is 4.79 Å². The van der Waals surface area contributed by atoms with Crippen LogP contribution in [0, 0.1) is 17.8 Å². The van der Waals surface area contributed by atoms with E-state index in [1.807, 2.05) is 6.07 Å². The van der Waals surface area contributed by atoms with Gasteiger partial charge in [-0.25, -0.2) is 0 Å². The van der Waals surface area contributed by atoms with Gasteiger partial charge in [0, 0.05) is 12.0 Å². The van der Waals surface area contributed by atoms with Crippen molar-refractivity contribution in [2.75, 3.05) is 0 Å². The van der Waals surface area contributed by atoms with Gasteiger partial charge in [0.15, 0.2) is 5.78 Å². The molecule has 2 saturated carbocycles. The third-order valence-corrected chi connectivity index (χ3v) is 5.62. The lowest BCUT2D eigenvalue weighted by Crippen LogP contribution is -2.15. The lowest BCUT2D eigenvalue weighted by Gasteiger charge is -2.21. The number of hydrogen-bond donors (Lipinski definition) is 0. The Morgan fingerprint density at radius 1 is 1.10 bits per heavy atom. The molecule has 1 aromatic carbocycles. The van der Waals surface area contributed by atoms with Gasteiger partial charge in [0.25, 0.3) is 0 Å². The Balaban J connectivity index is 1.71. The van der Waals surface area contributed by atoms with Gasteiger partial charge >= 0.3 is 0 Å². The third-order valence-electron chi connectivity index (χ3n) is 5.62. The summed E-state index contributed by atoms with van der Waals surface area (Å²) >= 11 is 0. The van der Waals surface area contributed by atoms with E-state index in [0.29, 0.717) is 11.7 Å². The second kappa shape index (κ2) is 5.71. The first-order valence-corrected chi connectivity index (χ1v) is 8.36. The molecule has 3 rings (SSSR count). The standard InChI is InChI=1S/C19H26O/c1-3-14-7-8-17(11-15(14)4-2)19(20)12-18-10-13-5-6-16(18)9-13/h7-8,11,13,16,18H,3-6,9-10,12H2,1-2H3. The molecule has 0 radical (unpaired) electrons. The van der Waals surface area contributed by atoms with Crippen LogP contribution in [0.1, 0.15) is 67.4 Å². The van der Waals surface area contributed by atoms with Crippen molar-refractivity contribution in [3.05, 3.63) is 34.9 Å². The average Bonchev–Trinajstić information content (AvgIpc) is 3.09. The highest BCUT2D eigenvalue weighted by Crippen LogP contribution is 2.49. The predicted molar refractivity (Wildman–Crippen MR) is 83.1 cm³/mol. The highest BCUT2D eigenvalue weighted by Gasteiger charge is 2.40. The van der Waals surface area contributed by atoms with Gasteiger partial charge in [-0.05, 0) is 67.1 Å². The number of carbonyl (C=O) groups excluding carboxylic acids is 1. The third kappa shape index (κ3) is 2.55. The molecule has 0 heterocycles. The highest BCUT2D eigenvalue weighted by atomic mass is 16.1. The second-order valence-electron chi connectivity index (χ2n) is 6.75. The van der Waals surface area contributed by atoms with E-state index in [1.54, 1.807) is 0 Å². The van der Waals surface area contributed by atoms with Gasteiger partial charge in [-0.3, -0.25) is 4.79 Å². The fourth-order valence-electron chi connectivity index (χ4n) is 4.46. The van der Waals surface area contributed by atoms with Crippen LogP contribution in [0.15, 0.2) is 18.2 Å². The van der Waals surface area contributed by atoms with Crippen molar-refractivity contribution in [3.8, 4) is 0 Å². The zero-order chi connectivity index (χ0) is 14.1. The zero-order valence-corrected chi connectivity index (χ0v) is 12.8. The molecule has 3 unspecified atom stereocenters. The summed E-state index contributed by atoms with van der Waals surface area (Å²) in [5.74, 6) is 2.84. The molecule has 3 atom stereocenters. The van der Waals surface area contributed by atoms with Crippen molar-refractivity contribution in [1.82, 2.24) is 0 Å². The van der Waals surface area contributed by atoms with Crippen LogP contribution < -0.4 is 0 Å². The van der Waals surface area contributed by atoms with Crippen molar-refractivity contribution in [2.24, 2.45) is 17.8 Å². The molecule has 2 aliphatic rings. The number of benzene rings is 1. The topological polar surface area (TPSA) is 17.1 Å². The molecule has 0 saturated heterocycles. The molecular formula is C19H26O. The summed E-state index contributed by atoms with van der Waals surface area (Å²) in [4.78, 5) is 12.5. The van der Waals surface area contributed by atoms with Crippen LogP contribution in [0.3, 0.4) is 0 Å². The minimum Gasteiger partial charge on any atom is -0.294 e. The van der Waals surface area contributed by atoms with Crippen LogP contribution >= 0.6 is 0 Å². The van der Waals surface area contributed by atoms with Gasteiger partial charge in [-0.1, -0.05) is 32.4 Å². The Bertz CT molecular complexity index is 502. The number of aryl methyl sites for hydroxylation is 2. The summed E-state index contributed by atoms with van der Waals surface area (Å²) in [5.41, 5.74) is 3.69. The molecule has 20 heavy (non-hydrogen) atoms. The monoisotopic (exact) mass is 270 g/mol. The Labute approximate surface area is 122 Å². The second-order valence-corrected chi connectivity index (χ2v) is 6.75. The molecule has 108 valence electrons. The maximum Gasteiger partial charge on any atom is 0.163 e. The summed E-state index contributed by atoms with van der Waals surface area (Å²) in [6, 6.07) is 6.36. The van der Waals surface area contributed by atoms with Gasteiger partial charge in [0.05, 0.1) is 0 Å². The molecule has 0 N–H and O–H groups in total. The van der Waals surface area contributed by atoms with Crippen LogP contribution in [0.4, 0.5) is 0 Å². The van der Waals surface area contributed by atoms with Crippen molar-refractivity contribution in [1.29, 1.82) is 0 Å². The van der Waals surface area contributed by atoms with E-state index in [4.69, 9.17) is 0 Å². The zero-order valence-electron chi connectivity index (χ0n) is 12.8. The number of rotatable bonds is 5. The van der Waals surface area contributed by atoms with E-state index < -0.39 is 0 Å². The first kappa shape index (κ1) is 13.9. The van der Waals surface area contributed by atoms with Crippen LogP contribution in [-0.2, 0) is 12.8 Å². The molecule has 0 amide bonds. The maximum atomic E-state index is 12.5. The lowest BCUT2D eigenvalue weighted by atomic mass is 9.84. The first-order valence-electron chi connectivity index (χ1n) is 8.36. The Morgan fingerprint density at radius 3 is 2.50 bits per heavy atom. The Hall–Kier alpha value is -1.11. The summed E-state index contributed by atoms with van der Waals surface area (Å²) in [7, 11) is 0. The maximum absolute atomic E-state index is 12.5. The molecule has 1 nitrogen and oxygen atoms in total. The normalized spacial score (nSPS) is 28.0. The first-order chi connectivity index (χ1) is 9.71. The fraction of sp³-hybridized carbons (Fsp3) is 0.632. The van der Waals surface area contributed by atoms with Gasteiger partial charge in [0.1, 0.15) is 0 Å². The highest BCUT2D eigenvalue weighted by molar-refractivity contribution is 5.96. The smallest absolute Gasteiger partial charge is 0.163 e. The molecular weight excluding hydrogens is 244 g/mol. The van der Waals surface area contributed by atoms with E-state index in [2.05, 4.69) is 26.0 Å². The lowest BCUT2D eigenvalue weighted by molar-refractivity contribution is 0.0944. The Kier molecular flexibility index (Phi) is 3.96. The van der Waals surface area contributed by atoms with Gasteiger partial charge in [0.2, 0.25) is 0 Å². The summed E-state index contributed by atoms with van der Waals surface area (Å²) in [6.07, 6.45) is 8.37. The number of fused-ring (bicyclic) bond motifs is 2. The molecule has 2 aliphatic carbocycles. The molecule has 2 bridgehead atoms. The van der Waals surface area contributed by atoms with E-state index in [0.717, 1.165) is 36.7 Å². The molecule has 1 heteroatoms. The number of ketones is 1. The molecule has 1 aromatic rings. The fourth-order valence-corrected chi connectivity index (χ4v) is 4.46. The Morgan fingerprint density at radius 2 is 1.90 bits per heavy atom. The molecule has 0 aromatic heterocycles. The largest absolute Gasteiger partial charge is 0.294 e. The van der Waals surface area contributed by atoms with E-state index in [9.17, 15) is 4.79 Å². The average molecular weight is 270 g/mol. The summed E-state index contributed by atoms with van der Waals surface area (Å²) < 4.78 is 0. The minimum atomic E-state index is 0.375. The van der Waals surface area contributed by atoms with E-state index >= 15 is 0 Å². The quantitative estimate of drug-likeness (QED) is 0.701. The number of carbonyl (C=O) groups is 1. The van der Waals surface area contributed by atoms with E-state index in [1.165, 1.54) is 36.8 Å². The van der Waals surface area contributed by atoms with Crippen molar-refractivity contribution in [3.63, 3.8) is 0 Å². The summed E-state index contributed by atoms with van der Waals surface area (Å²) in [5, 5.41) is 0. The van der Waals surface area contributed by atoms with Crippen LogP contribution in [0.2, 0.25) is 0 Å². The van der Waals surface area contributed by atoms with Gasteiger partial charge < -0.3 is 0 Å². The van der Waals surface area contributed by atoms with Gasteiger partial charge in [-0.15, -0.1) is 0 Å². The molecule has 0 aliphatic heterocycles. The van der Waals surface area contributed by atoms with E-state index in [-0.39, 0.29) is 0 Å². The SMILES string of the molecule is CCc1ccc(C(=O)CC2CC3CCC2C3)cc1CC. The molecule has 2 fully saturated rings. The van der Waals surface area contributed by atoms with Crippen molar-refractivity contribution >= 4 is 5.78 Å². The van der Waals surface area contributed by atoms with Gasteiger partial charge in [-0.2, -0.15) is 0 Å². The minimum absolute atomic E-state index is 0.375. The molecule has 0 spiro atoms. The predicted octanol–water partition coefficient (Wildman–Crippen LogP) is 4.82. The number of hydrogen-bond acceptors (Lipinski definition) is 1.